The largest absolute Gasteiger partial charge is 0.480 e. The van der Waals surface area contributed by atoms with Crippen molar-refractivity contribution >= 4 is 42.2 Å². The van der Waals surface area contributed by atoms with E-state index in [1.54, 1.807) is 0 Å². The van der Waals surface area contributed by atoms with Gasteiger partial charge in [-0.05, 0) is 38.6 Å². The number of hydrogen-bond donors (Lipinski definition) is 7. The number of aliphatic carboxylic acids is 1. The molecule has 0 radical (unpaired) electrons. The molecule has 0 bridgehead atoms. The normalized spacial score (nSPS) is 18.7. The molecule has 4 amide bonds. The lowest BCUT2D eigenvalue weighted by molar-refractivity contribution is -0.149. The number of hydrogen-bond acceptors (Lipinski definition) is 8. The molecule has 0 aliphatic carbocycles. The summed E-state index contributed by atoms with van der Waals surface area (Å²) in [4.78, 5) is 61.4. The Hall–Kier alpha value is -2.38. The van der Waals surface area contributed by atoms with Crippen LogP contribution in [0, 0.1) is 0 Å². The molecule has 13 heteroatoms. The van der Waals surface area contributed by atoms with E-state index in [1.807, 2.05) is 0 Å². The molecule has 31 heavy (non-hydrogen) atoms. The van der Waals surface area contributed by atoms with E-state index in [9.17, 15) is 29.1 Å². The van der Waals surface area contributed by atoms with E-state index in [0.29, 0.717) is 32.2 Å². The van der Waals surface area contributed by atoms with Gasteiger partial charge in [-0.25, -0.2) is 4.79 Å². The number of nitrogens with two attached hydrogens (primary N) is 3. The van der Waals surface area contributed by atoms with Crippen LogP contribution in [-0.4, -0.2) is 82.6 Å². The number of nitrogens with zero attached hydrogens (tertiary/aromatic N) is 1. The van der Waals surface area contributed by atoms with E-state index >= 15 is 0 Å². The van der Waals surface area contributed by atoms with Gasteiger partial charge in [-0.2, -0.15) is 12.6 Å². The van der Waals surface area contributed by atoms with Crippen LogP contribution in [0.15, 0.2) is 0 Å². The molecule has 0 spiro atoms. The summed E-state index contributed by atoms with van der Waals surface area (Å²) in [5.74, 6) is -3.88. The Kier molecular flexibility index (Phi) is 11.3. The van der Waals surface area contributed by atoms with Gasteiger partial charge in [0.15, 0.2) is 0 Å². The van der Waals surface area contributed by atoms with Crippen molar-refractivity contribution in [3.8, 4) is 0 Å². The van der Waals surface area contributed by atoms with Crippen LogP contribution >= 0.6 is 12.6 Å². The van der Waals surface area contributed by atoms with Gasteiger partial charge in [-0.1, -0.05) is 0 Å². The van der Waals surface area contributed by atoms with Crippen LogP contribution in [-0.2, 0) is 24.0 Å². The maximum atomic E-state index is 13.0. The smallest absolute Gasteiger partial charge is 0.326 e. The van der Waals surface area contributed by atoms with Gasteiger partial charge < -0.3 is 37.8 Å². The molecular weight excluding hydrogens is 428 g/mol. The van der Waals surface area contributed by atoms with Crippen molar-refractivity contribution in [2.45, 2.75) is 62.7 Å². The molecule has 12 nitrogen and oxygen atoms in total. The second-order valence-corrected chi connectivity index (χ2v) is 7.76. The average molecular weight is 461 g/mol. The Morgan fingerprint density at radius 2 is 1.74 bits per heavy atom. The molecule has 176 valence electrons. The quantitative estimate of drug-likeness (QED) is 0.113. The minimum absolute atomic E-state index is 0.0912. The lowest BCUT2D eigenvalue weighted by Gasteiger charge is -2.28. The monoisotopic (exact) mass is 460 g/mol. The van der Waals surface area contributed by atoms with E-state index in [2.05, 4.69) is 23.3 Å². The fourth-order valence-electron chi connectivity index (χ4n) is 3.29. The van der Waals surface area contributed by atoms with Crippen molar-refractivity contribution in [1.29, 1.82) is 0 Å². The summed E-state index contributed by atoms with van der Waals surface area (Å²) in [6.07, 6.45) is 1.94. The van der Waals surface area contributed by atoms with Crippen LogP contribution < -0.4 is 27.8 Å². The van der Waals surface area contributed by atoms with Gasteiger partial charge in [0.1, 0.15) is 18.1 Å². The molecule has 1 fully saturated rings. The van der Waals surface area contributed by atoms with Gasteiger partial charge in [0.25, 0.3) is 0 Å². The summed E-state index contributed by atoms with van der Waals surface area (Å²) in [7, 11) is 0. The number of carboxylic acids is 1. The molecule has 0 saturated carbocycles. The zero-order chi connectivity index (χ0) is 23.6. The number of carboxylic acid groups (broad SMARTS) is 1. The summed E-state index contributed by atoms with van der Waals surface area (Å²) in [6.45, 7) is 0.692. The Labute approximate surface area is 186 Å². The predicted molar refractivity (Wildman–Crippen MR) is 115 cm³/mol. The standard InChI is InChI=1S/C18H32N6O6S/c19-6-2-1-4-11(17(28)24-7-3-5-13(24)18(29)30)22-16(27)12(9-31)23-15(26)10(20)8-14(21)25/h10-13,31H,1-9,19-20H2,(H2,21,25)(H,22,27)(H,23,26)(H,29,30). The second kappa shape index (κ2) is 13.1. The molecule has 1 aliphatic heterocycles. The van der Waals surface area contributed by atoms with E-state index in [0.717, 1.165) is 0 Å². The zero-order valence-corrected chi connectivity index (χ0v) is 18.2. The molecule has 1 heterocycles. The summed E-state index contributed by atoms with van der Waals surface area (Å²) >= 11 is 4.06. The second-order valence-electron chi connectivity index (χ2n) is 7.39. The molecule has 0 aromatic heterocycles. The van der Waals surface area contributed by atoms with Crippen LogP contribution in [0.3, 0.4) is 0 Å². The summed E-state index contributed by atoms with van der Waals surface area (Å²) < 4.78 is 0. The van der Waals surface area contributed by atoms with E-state index in [4.69, 9.17) is 17.2 Å². The molecular formula is C18H32N6O6S. The Balaban J connectivity index is 2.87. The number of carbonyl (C=O) groups is 5. The third kappa shape index (κ3) is 8.34. The van der Waals surface area contributed by atoms with Gasteiger partial charge in [0.2, 0.25) is 23.6 Å². The van der Waals surface area contributed by atoms with Gasteiger partial charge >= 0.3 is 5.97 Å². The highest BCUT2D eigenvalue weighted by molar-refractivity contribution is 7.80. The summed E-state index contributed by atoms with van der Waals surface area (Å²) in [5, 5.41) is 14.3. The number of carbonyl (C=O) groups excluding carboxylic acids is 4. The highest BCUT2D eigenvalue weighted by atomic mass is 32.1. The van der Waals surface area contributed by atoms with Gasteiger partial charge in [0.05, 0.1) is 12.5 Å². The molecule has 4 atom stereocenters. The molecule has 4 unspecified atom stereocenters. The number of thiol groups is 1. The van der Waals surface area contributed by atoms with Crippen molar-refractivity contribution in [3.05, 3.63) is 0 Å². The van der Waals surface area contributed by atoms with Crippen LogP contribution in [0.4, 0.5) is 0 Å². The summed E-state index contributed by atoms with van der Waals surface area (Å²) in [5.41, 5.74) is 16.1. The van der Waals surface area contributed by atoms with Gasteiger partial charge in [-0.3, -0.25) is 19.2 Å². The van der Waals surface area contributed by atoms with Crippen LogP contribution in [0.5, 0.6) is 0 Å². The number of rotatable bonds is 13. The number of nitrogens with one attached hydrogen (secondary N) is 2. The van der Waals surface area contributed by atoms with Crippen LogP contribution in [0.1, 0.15) is 38.5 Å². The Bertz CT molecular complexity index is 678. The molecule has 0 aromatic rings. The van der Waals surface area contributed by atoms with Crippen LogP contribution in [0.2, 0.25) is 0 Å². The van der Waals surface area contributed by atoms with E-state index < -0.39 is 60.2 Å². The molecule has 1 saturated heterocycles. The highest BCUT2D eigenvalue weighted by Crippen LogP contribution is 2.20. The first-order valence-corrected chi connectivity index (χ1v) is 10.7. The van der Waals surface area contributed by atoms with Crippen LogP contribution in [0.25, 0.3) is 0 Å². The van der Waals surface area contributed by atoms with Crippen molar-refractivity contribution < 1.29 is 29.1 Å². The van der Waals surface area contributed by atoms with E-state index in [1.165, 1.54) is 4.90 Å². The summed E-state index contributed by atoms with van der Waals surface area (Å²) in [6, 6.07) is -4.25. The molecule has 9 N–H and O–H groups in total. The number of unbranched alkanes of at least 4 members (excludes halogenated alkanes) is 1. The maximum Gasteiger partial charge on any atom is 0.326 e. The molecule has 0 aromatic carbocycles. The van der Waals surface area contributed by atoms with Crippen molar-refractivity contribution in [1.82, 2.24) is 15.5 Å². The SMILES string of the molecule is NCCCCC(NC(=O)C(CS)NC(=O)C(N)CC(N)=O)C(=O)N1CCCC1C(=O)O. The minimum atomic E-state index is -1.23. The maximum absolute atomic E-state index is 13.0. The minimum Gasteiger partial charge on any atom is -0.480 e. The lowest BCUT2D eigenvalue weighted by atomic mass is 10.1. The Morgan fingerprint density at radius 1 is 1.10 bits per heavy atom. The van der Waals surface area contributed by atoms with Gasteiger partial charge in [-0.15, -0.1) is 0 Å². The van der Waals surface area contributed by atoms with E-state index in [-0.39, 0.29) is 18.7 Å². The van der Waals surface area contributed by atoms with Gasteiger partial charge in [0, 0.05) is 12.3 Å². The number of primary amides is 1. The first-order valence-electron chi connectivity index (χ1n) is 10.1. The topological polar surface area (TPSA) is 211 Å². The first kappa shape index (κ1) is 26.7. The third-order valence-electron chi connectivity index (χ3n) is 4.96. The average Bonchev–Trinajstić information content (AvgIpc) is 3.20. The predicted octanol–water partition coefficient (Wildman–Crippen LogP) is -2.71. The lowest BCUT2D eigenvalue weighted by Crippen LogP contribution is -2.57. The zero-order valence-electron chi connectivity index (χ0n) is 17.3. The third-order valence-corrected chi connectivity index (χ3v) is 5.32. The van der Waals surface area contributed by atoms with Crippen molar-refractivity contribution in [2.24, 2.45) is 17.2 Å². The van der Waals surface area contributed by atoms with Crippen molar-refractivity contribution in [2.75, 3.05) is 18.8 Å². The molecule has 1 rings (SSSR count). The fraction of sp³-hybridized carbons (Fsp3) is 0.722. The number of likely N-dealkylation sites (tertiary alicyclic amines) is 1. The van der Waals surface area contributed by atoms with Crippen molar-refractivity contribution in [3.63, 3.8) is 0 Å². The highest BCUT2D eigenvalue weighted by Gasteiger charge is 2.38. The number of amides is 4. The fourth-order valence-corrected chi connectivity index (χ4v) is 3.55. The Morgan fingerprint density at radius 3 is 2.29 bits per heavy atom. The molecule has 1 aliphatic rings. The first-order chi connectivity index (χ1) is 14.6.